The fourth-order valence-corrected chi connectivity index (χ4v) is 25.5. The fourth-order valence-electron chi connectivity index (χ4n) is 15.9. The summed E-state index contributed by atoms with van der Waals surface area (Å²) in [5.74, 6) is 0. The van der Waals surface area contributed by atoms with Crippen molar-refractivity contribution >= 4 is 74.1 Å². The number of unbranched alkanes of at least 4 members (excludes halogenated alkanes) is 32. The fraction of sp³-hybridized carbons (Fsp3) is 0.538. The second kappa shape index (κ2) is 68.1. The highest BCUT2D eigenvalue weighted by Gasteiger charge is 2.17. The average molecular weight is 1620 g/mol. The predicted molar refractivity (Wildman–Crippen MR) is 518 cm³/mol. The van der Waals surface area contributed by atoms with E-state index in [1.165, 1.54) is 331 Å². The van der Waals surface area contributed by atoms with Gasteiger partial charge >= 0.3 is 0 Å². The Labute approximate surface area is 704 Å². The Bertz CT molecular complexity index is 3210. The molecule has 0 amide bonds. The van der Waals surface area contributed by atoms with Gasteiger partial charge in [0, 0.05) is 52.4 Å². The molecule has 8 rings (SSSR count). The molecule has 0 bridgehead atoms. The zero-order chi connectivity index (χ0) is 79.4. The minimum Gasteiger partial charge on any atom is -0.315 e. The van der Waals surface area contributed by atoms with Crippen LogP contribution in [0, 0.1) is 0 Å². The highest BCUT2D eigenvalue weighted by Crippen LogP contribution is 2.38. The van der Waals surface area contributed by atoms with Gasteiger partial charge in [-0.1, -0.05) is 436 Å². The summed E-state index contributed by atoms with van der Waals surface area (Å²) < 4.78 is 0. The zero-order valence-electron chi connectivity index (χ0n) is 72.0. The molecule has 0 atom stereocenters. The van der Waals surface area contributed by atoms with Crippen molar-refractivity contribution in [2.45, 2.75) is 245 Å². The van der Waals surface area contributed by atoms with Gasteiger partial charge in [0.2, 0.25) is 0 Å². The third-order valence-electron chi connectivity index (χ3n) is 22.8. The monoisotopic (exact) mass is 1620 g/mol. The molecule has 0 heterocycles. The first-order valence-electron chi connectivity index (χ1n) is 46.5. The number of benzene rings is 8. The van der Waals surface area contributed by atoms with Gasteiger partial charge in [0.15, 0.2) is 0 Å². The van der Waals surface area contributed by atoms with Crippen molar-refractivity contribution in [1.29, 1.82) is 0 Å². The molecule has 10 heteroatoms. The lowest BCUT2D eigenvalue weighted by molar-refractivity contribution is 0.279. The van der Waals surface area contributed by atoms with Crippen molar-refractivity contribution in [3.8, 4) is 0 Å². The summed E-state index contributed by atoms with van der Waals surface area (Å²) in [5, 5.41) is 26.9. The van der Waals surface area contributed by atoms with E-state index in [1.54, 1.807) is 0 Å². The zero-order valence-corrected chi connectivity index (χ0v) is 75.5. The van der Waals surface area contributed by atoms with Gasteiger partial charge in [-0.2, -0.15) is 0 Å². The summed E-state index contributed by atoms with van der Waals surface area (Å²) in [5.41, 5.74) is 0. The van der Waals surface area contributed by atoms with Gasteiger partial charge in [-0.3, -0.25) is 0 Å². The van der Waals surface area contributed by atoms with Crippen LogP contribution in [0.1, 0.15) is 245 Å². The first kappa shape index (κ1) is 96.4. The van der Waals surface area contributed by atoms with Crippen LogP contribution in [0.15, 0.2) is 243 Å². The Morgan fingerprint density at radius 3 is 0.526 bits per heavy atom. The quantitative estimate of drug-likeness (QED) is 0.0225. The summed E-state index contributed by atoms with van der Waals surface area (Å²) in [4.78, 5) is 5.23. The molecule has 8 aromatic carbocycles. The molecule has 0 saturated carbocycles. The molecule has 4 N–H and O–H groups in total. The number of hydrogen-bond donors (Lipinski definition) is 4. The molecule has 0 aliphatic rings. The van der Waals surface area contributed by atoms with E-state index in [2.05, 4.69) is 288 Å². The van der Waals surface area contributed by atoms with Crippen molar-refractivity contribution in [3.63, 3.8) is 0 Å². The molecular formula is C104H158N6P4. The minimum atomic E-state index is -0.226. The number of likely N-dealkylation sites (N-methyl/N-ethyl adjacent to an activating group) is 2. The van der Waals surface area contributed by atoms with Gasteiger partial charge in [0.05, 0.1) is 0 Å². The van der Waals surface area contributed by atoms with Crippen LogP contribution in [0.5, 0.6) is 0 Å². The van der Waals surface area contributed by atoms with Crippen molar-refractivity contribution < 1.29 is 0 Å². The first-order chi connectivity index (χ1) is 56.7. The summed E-state index contributed by atoms with van der Waals surface area (Å²) in [6, 6.07) is 89.6. The van der Waals surface area contributed by atoms with Gasteiger partial charge in [-0.25, -0.2) is 0 Å². The number of nitrogens with zero attached hydrogens (tertiary/aromatic N) is 2. The SMILES string of the molecule is CCN(CCCCCCCCCCCP(c1ccccc1)c1ccccc1)CCNCCCCCCCCCCCP(c1ccccc1)c1ccccc1.CCN(CCNCCCCCCCCCCCP(c1ccccc1)c1ccccc1)CCNCCNCCCCCCCCCCCP(c1ccccc1)c1ccccc1. The second-order valence-corrected chi connectivity index (χ2v) is 41.2. The summed E-state index contributed by atoms with van der Waals surface area (Å²) >= 11 is 0. The van der Waals surface area contributed by atoms with E-state index >= 15 is 0 Å². The predicted octanol–water partition coefficient (Wildman–Crippen LogP) is 23.6. The Balaban J connectivity index is 0.000000317. The van der Waals surface area contributed by atoms with Crippen LogP contribution in [0.4, 0.5) is 0 Å². The highest BCUT2D eigenvalue weighted by atomic mass is 31.1. The molecule has 0 radical (unpaired) electrons. The summed E-state index contributed by atoms with van der Waals surface area (Å²) in [7, 11) is -0.896. The maximum Gasteiger partial charge on any atom is 0.0107 e. The lowest BCUT2D eigenvalue weighted by Crippen LogP contribution is -2.38. The first-order valence-corrected chi connectivity index (χ1v) is 52.6. The molecule has 0 unspecified atom stereocenters. The summed E-state index contributed by atoms with van der Waals surface area (Å²) in [6.45, 7) is 20.7. The molecular weight excluding hydrogens is 1460 g/mol. The Kier molecular flexibility index (Phi) is 57.5. The summed E-state index contributed by atoms with van der Waals surface area (Å²) in [6.07, 6.45) is 55.1. The highest BCUT2D eigenvalue weighted by molar-refractivity contribution is 7.74. The number of rotatable bonds is 70. The molecule has 114 heavy (non-hydrogen) atoms. The maximum atomic E-state index is 3.73. The molecule has 0 spiro atoms. The molecule has 6 nitrogen and oxygen atoms in total. The molecule has 0 saturated heterocycles. The van der Waals surface area contributed by atoms with Crippen LogP contribution < -0.4 is 63.7 Å². The van der Waals surface area contributed by atoms with Gasteiger partial charge in [-0.15, -0.1) is 0 Å². The van der Waals surface area contributed by atoms with E-state index in [1.807, 2.05) is 0 Å². The van der Waals surface area contributed by atoms with E-state index in [4.69, 9.17) is 0 Å². The van der Waals surface area contributed by atoms with E-state index < -0.39 is 0 Å². The number of nitrogens with one attached hydrogen (secondary N) is 4. The van der Waals surface area contributed by atoms with Gasteiger partial charge in [-0.05, 0) is 189 Å². The lowest BCUT2D eigenvalue weighted by atomic mass is 10.1. The van der Waals surface area contributed by atoms with Crippen LogP contribution in [-0.2, 0) is 0 Å². The third-order valence-corrected chi connectivity index (χ3v) is 33.2. The van der Waals surface area contributed by atoms with Crippen LogP contribution in [0.3, 0.4) is 0 Å². The Morgan fingerprint density at radius 1 is 0.167 bits per heavy atom. The van der Waals surface area contributed by atoms with Gasteiger partial charge in [0.1, 0.15) is 0 Å². The Morgan fingerprint density at radius 2 is 0.325 bits per heavy atom. The normalized spacial score (nSPS) is 11.6. The van der Waals surface area contributed by atoms with Crippen molar-refractivity contribution in [3.05, 3.63) is 243 Å². The third kappa shape index (κ3) is 45.4. The second-order valence-electron chi connectivity index (χ2n) is 31.9. The average Bonchev–Trinajstić information content (AvgIpc) is 0.873. The molecule has 0 aromatic heterocycles. The standard InChI is InChI=1S/C54H84N4P2.C50H74N2P2/c1-2-58(47-45-56-42-30-14-10-6-4-8-12-16-32-50-60(53-37-25-19-26-38-53)54-39-27-20-28-40-54)48-46-57-44-43-55-41-29-13-9-5-3-7-11-15-31-49-59(51-33-21-17-22-34-51)52-35-23-18-24-36-52;1-2-52(43-30-14-10-6-4-8-12-16-32-46-54(49-37-25-19-26-38-49)50-39-27-20-28-40-50)44-42-51-41-29-13-9-5-3-7-11-15-31-45-53(47-33-21-17-22-34-47)48-35-23-18-24-36-48/h17-28,33-40,55-57H,2-16,29-32,41-50H2,1H3;17-28,33-40,51H,2-16,29-32,41-46H2,1H3. The van der Waals surface area contributed by atoms with Crippen molar-refractivity contribution in [1.82, 2.24) is 31.1 Å². The minimum absolute atomic E-state index is 0.222. The maximum absolute atomic E-state index is 3.73. The van der Waals surface area contributed by atoms with Crippen LogP contribution in [0.25, 0.3) is 0 Å². The molecule has 0 aliphatic carbocycles. The van der Waals surface area contributed by atoms with Crippen molar-refractivity contribution in [2.75, 3.05) is 116 Å². The Hall–Kier alpha value is -4.76. The van der Waals surface area contributed by atoms with Gasteiger partial charge in [0.25, 0.3) is 0 Å². The topological polar surface area (TPSA) is 54.6 Å². The van der Waals surface area contributed by atoms with Crippen LogP contribution in [-0.4, -0.2) is 126 Å². The van der Waals surface area contributed by atoms with E-state index in [0.717, 1.165) is 58.9 Å². The smallest absolute Gasteiger partial charge is 0.0107 e. The number of hydrogen-bond acceptors (Lipinski definition) is 6. The molecule has 624 valence electrons. The van der Waals surface area contributed by atoms with Crippen LogP contribution in [0.2, 0.25) is 0 Å². The lowest BCUT2D eigenvalue weighted by Gasteiger charge is -2.21. The van der Waals surface area contributed by atoms with E-state index in [0.29, 0.717) is 0 Å². The largest absolute Gasteiger partial charge is 0.315 e. The molecule has 8 aromatic rings. The van der Waals surface area contributed by atoms with E-state index in [9.17, 15) is 0 Å². The molecule has 0 aliphatic heterocycles. The van der Waals surface area contributed by atoms with Crippen molar-refractivity contribution in [2.24, 2.45) is 0 Å². The molecule has 0 fully saturated rings. The van der Waals surface area contributed by atoms with Gasteiger partial charge < -0.3 is 31.1 Å². The van der Waals surface area contributed by atoms with E-state index in [-0.39, 0.29) is 31.7 Å². The van der Waals surface area contributed by atoms with Crippen LogP contribution >= 0.6 is 31.7 Å².